The van der Waals surface area contributed by atoms with Crippen LogP contribution in [0.2, 0.25) is 0 Å². The molecule has 1 aromatic carbocycles. The molecule has 0 aliphatic rings. The fraction of sp³-hybridized carbons (Fsp3) is 0.231. The predicted molar refractivity (Wildman–Crippen MR) is 71.4 cm³/mol. The Labute approximate surface area is 110 Å². The van der Waals surface area contributed by atoms with Gasteiger partial charge in [-0.1, -0.05) is 5.16 Å². The molecule has 6 heteroatoms. The van der Waals surface area contributed by atoms with Crippen molar-refractivity contribution in [3.63, 3.8) is 0 Å². The number of carbonyl (C=O) groups excluding carboxylic acids is 1. The zero-order valence-corrected chi connectivity index (χ0v) is 10.8. The Kier molecular flexibility index (Phi) is 4.02. The first-order chi connectivity index (χ1) is 9.17. The van der Waals surface area contributed by atoms with Crippen LogP contribution in [0, 0.1) is 6.92 Å². The van der Waals surface area contributed by atoms with Crippen molar-refractivity contribution >= 4 is 17.5 Å². The molecule has 0 aliphatic carbocycles. The van der Waals surface area contributed by atoms with Crippen molar-refractivity contribution in [3.8, 4) is 5.75 Å². The fourth-order valence-corrected chi connectivity index (χ4v) is 1.46. The molecule has 1 amide bonds. The van der Waals surface area contributed by atoms with E-state index in [0.29, 0.717) is 17.3 Å². The molecule has 0 radical (unpaired) electrons. The number of aryl methyl sites for hydroxylation is 1. The molecule has 0 aliphatic heterocycles. The minimum absolute atomic E-state index is 0.0847. The number of amides is 1. The molecule has 0 bridgehead atoms. The number of hydrogen-bond acceptors (Lipinski definition) is 5. The van der Waals surface area contributed by atoms with Crippen LogP contribution < -0.4 is 15.4 Å². The standard InChI is InChI=1S/C13H15N3O3/c1-9-7-13(19-16-9)15-12(17)8-18-11-5-3-10(14-2)4-6-11/h3-7,14H,8H2,1-2H3,(H,15,17). The van der Waals surface area contributed by atoms with E-state index in [4.69, 9.17) is 9.26 Å². The van der Waals surface area contributed by atoms with Crippen molar-refractivity contribution in [3.05, 3.63) is 36.0 Å². The number of nitrogens with zero attached hydrogens (tertiary/aromatic N) is 1. The normalized spacial score (nSPS) is 10.0. The SMILES string of the molecule is CNc1ccc(OCC(=O)Nc2cc(C)no2)cc1. The van der Waals surface area contributed by atoms with Gasteiger partial charge in [0.2, 0.25) is 5.88 Å². The number of benzene rings is 1. The van der Waals surface area contributed by atoms with Crippen LogP contribution in [0.25, 0.3) is 0 Å². The maximum Gasteiger partial charge on any atom is 0.264 e. The largest absolute Gasteiger partial charge is 0.484 e. The summed E-state index contributed by atoms with van der Waals surface area (Å²) >= 11 is 0. The van der Waals surface area contributed by atoms with Crippen LogP contribution in [0.5, 0.6) is 5.75 Å². The molecule has 0 saturated heterocycles. The second-order valence-electron chi connectivity index (χ2n) is 3.94. The minimum Gasteiger partial charge on any atom is -0.484 e. The molecule has 2 rings (SSSR count). The highest BCUT2D eigenvalue weighted by Crippen LogP contribution is 2.15. The van der Waals surface area contributed by atoms with Crippen molar-refractivity contribution in [1.29, 1.82) is 0 Å². The second kappa shape index (κ2) is 5.90. The second-order valence-corrected chi connectivity index (χ2v) is 3.94. The molecule has 0 atom stereocenters. The van der Waals surface area contributed by atoms with Crippen molar-refractivity contribution in [2.75, 3.05) is 24.3 Å². The monoisotopic (exact) mass is 261 g/mol. The molecule has 0 spiro atoms. The Bertz CT molecular complexity index is 549. The molecule has 100 valence electrons. The number of ether oxygens (including phenoxy) is 1. The highest BCUT2D eigenvalue weighted by atomic mass is 16.5. The van der Waals surface area contributed by atoms with Crippen molar-refractivity contribution < 1.29 is 14.1 Å². The van der Waals surface area contributed by atoms with Crippen molar-refractivity contribution in [1.82, 2.24) is 5.16 Å². The summed E-state index contributed by atoms with van der Waals surface area (Å²) in [5.41, 5.74) is 1.69. The van der Waals surface area contributed by atoms with Crippen LogP contribution in [0.3, 0.4) is 0 Å². The maximum atomic E-state index is 11.6. The number of rotatable bonds is 5. The van der Waals surface area contributed by atoms with Gasteiger partial charge in [0, 0.05) is 18.8 Å². The van der Waals surface area contributed by atoms with Gasteiger partial charge < -0.3 is 14.6 Å². The van der Waals surface area contributed by atoms with Gasteiger partial charge in [-0.05, 0) is 31.2 Å². The van der Waals surface area contributed by atoms with Gasteiger partial charge in [0.25, 0.3) is 5.91 Å². The van der Waals surface area contributed by atoms with E-state index in [1.807, 2.05) is 19.2 Å². The first-order valence-electron chi connectivity index (χ1n) is 5.81. The van der Waals surface area contributed by atoms with E-state index in [-0.39, 0.29) is 12.5 Å². The van der Waals surface area contributed by atoms with Gasteiger partial charge >= 0.3 is 0 Å². The summed E-state index contributed by atoms with van der Waals surface area (Å²) in [6.45, 7) is 1.69. The van der Waals surface area contributed by atoms with Gasteiger partial charge in [0.15, 0.2) is 6.61 Å². The lowest BCUT2D eigenvalue weighted by atomic mass is 10.3. The lowest BCUT2D eigenvalue weighted by Gasteiger charge is -2.06. The molecule has 0 saturated carbocycles. The van der Waals surface area contributed by atoms with E-state index in [1.165, 1.54) is 0 Å². The van der Waals surface area contributed by atoms with E-state index in [1.54, 1.807) is 25.1 Å². The average Bonchev–Trinajstić information content (AvgIpc) is 2.82. The van der Waals surface area contributed by atoms with E-state index >= 15 is 0 Å². The van der Waals surface area contributed by atoms with E-state index < -0.39 is 0 Å². The molecule has 0 unspecified atom stereocenters. The summed E-state index contributed by atoms with van der Waals surface area (Å²) in [6.07, 6.45) is 0. The Morgan fingerprint density at radius 1 is 1.37 bits per heavy atom. The summed E-state index contributed by atoms with van der Waals surface area (Å²) in [4.78, 5) is 11.6. The summed E-state index contributed by atoms with van der Waals surface area (Å²) in [5.74, 6) is 0.647. The van der Waals surface area contributed by atoms with Crippen LogP contribution in [-0.2, 0) is 4.79 Å². The molecule has 2 N–H and O–H groups in total. The van der Waals surface area contributed by atoms with Crippen molar-refractivity contribution in [2.45, 2.75) is 6.92 Å². The van der Waals surface area contributed by atoms with Crippen LogP contribution in [0.4, 0.5) is 11.6 Å². The van der Waals surface area contributed by atoms with Gasteiger partial charge in [0.1, 0.15) is 5.75 Å². The number of carbonyl (C=O) groups is 1. The number of aromatic nitrogens is 1. The minimum atomic E-state index is -0.297. The average molecular weight is 261 g/mol. The first kappa shape index (κ1) is 12.9. The summed E-state index contributed by atoms with van der Waals surface area (Å²) < 4.78 is 10.2. The van der Waals surface area contributed by atoms with Crippen LogP contribution in [0.1, 0.15) is 5.69 Å². The Balaban J connectivity index is 1.82. The molecule has 1 heterocycles. The Morgan fingerprint density at radius 2 is 2.11 bits per heavy atom. The number of nitrogens with one attached hydrogen (secondary N) is 2. The zero-order valence-electron chi connectivity index (χ0n) is 10.8. The Hall–Kier alpha value is -2.50. The van der Waals surface area contributed by atoms with Gasteiger partial charge in [0.05, 0.1) is 5.69 Å². The van der Waals surface area contributed by atoms with Crippen LogP contribution in [-0.4, -0.2) is 24.7 Å². The molecular weight excluding hydrogens is 246 g/mol. The van der Waals surface area contributed by atoms with E-state index in [9.17, 15) is 4.79 Å². The third-order valence-corrected chi connectivity index (χ3v) is 2.40. The number of hydrogen-bond donors (Lipinski definition) is 2. The van der Waals surface area contributed by atoms with Gasteiger partial charge in [-0.15, -0.1) is 0 Å². The molecule has 6 nitrogen and oxygen atoms in total. The molecule has 19 heavy (non-hydrogen) atoms. The third kappa shape index (κ3) is 3.74. The van der Waals surface area contributed by atoms with E-state index in [0.717, 1.165) is 5.69 Å². The highest BCUT2D eigenvalue weighted by Gasteiger charge is 2.07. The topological polar surface area (TPSA) is 76.4 Å². The van der Waals surface area contributed by atoms with Crippen LogP contribution >= 0.6 is 0 Å². The third-order valence-electron chi connectivity index (χ3n) is 2.40. The lowest BCUT2D eigenvalue weighted by Crippen LogP contribution is -2.19. The predicted octanol–water partition coefficient (Wildman–Crippen LogP) is 2.04. The summed E-state index contributed by atoms with van der Waals surface area (Å²) in [5, 5.41) is 9.22. The van der Waals surface area contributed by atoms with Crippen molar-refractivity contribution in [2.24, 2.45) is 0 Å². The van der Waals surface area contributed by atoms with E-state index in [2.05, 4.69) is 15.8 Å². The van der Waals surface area contributed by atoms with Gasteiger partial charge in [-0.2, -0.15) is 0 Å². The highest BCUT2D eigenvalue weighted by molar-refractivity contribution is 5.90. The Morgan fingerprint density at radius 3 is 2.68 bits per heavy atom. The molecule has 2 aromatic rings. The maximum absolute atomic E-state index is 11.6. The summed E-state index contributed by atoms with van der Waals surface area (Å²) in [6, 6.07) is 8.95. The molecule has 1 aromatic heterocycles. The lowest BCUT2D eigenvalue weighted by molar-refractivity contribution is -0.118. The molecular formula is C13H15N3O3. The summed E-state index contributed by atoms with van der Waals surface area (Å²) in [7, 11) is 1.84. The fourth-order valence-electron chi connectivity index (χ4n) is 1.46. The van der Waals surface area contributed by atoms with Gasteiger partial charge in [-0.3, -0.25) is 10.1 Å². The quantitative estimate of drug-likeness (QED) is 0.861. The zero-order chi connectivity index (χ0) is 13.7. The van der Waals surface area contributed by atoms with Gasteiger partial charge in [-0.25, -0.2) is 0 Å². The van der Waals surface area contributed by atoms with Crippen LogP contribution in [0.15, 0.2) is 34.9 Å². The smallest absolute Gasteiger partial charge is 0.264 e. The first-order valence-corrected chi connectivity index (χ1v) is 5.81. The number of anilines is 2. The molecule has 0 fully saturated rings.